The first-order valence-electron chi connectivity index (χ1n) is 16.9. The van der Waals surface area contributed by atoms with Crippen LogP contribution >= 0.6 is 0 Å². The van der Waals surface area contributed by atoms with Gasteiger partial charge in [0.05, 0.1) is 22.2 Å². The molecule has 0 spiro atoms. The molecule has 11 rings (SSSR count). The predicted molar refractivity (Wildman–Crippen MR) is 206 cm³/mol. The summed E-state index contributed by atoms with van der Waals surface area (Å²) in [4.78, 5) is 14.4. The fraction of sp³-hybridized carbons (Fsp3) is 0.0217. The van der Waals surface area contributed by atoms with Gasteiger partial charge < -0.3 is 4.57 Å². The lowest BCUT2D eigenvalue weighted by Crippen LogP contribution is -2.24. The molecule has 0 saturated carbocycles. The maximum Gasteiger partial charge on any atom is 0.263 e. The summed E-state index contributed by atoms with van der Waals surface area (Å²) in [6.45, 7) is 0. The van der Waals surface area contributed by atoms with Gasteiger partial charge in [-0.3, -0.25) is 9.36 Å². The predicted octanol–water partition coefficient (Wildman–Crippen LogP) is 11.2. The second-order valence-electron chi connectivity index (χ2n) is 13.2. The smallest absolute Gasteiger partial charge is 0.263 e. The van der Waals surface area contributed by atoms with Crippen molar-refractivity contribution in [1.82, 2.24) is 9.13 Å². The molecule has 3 heteroatoms. The molecule has 0 bridgehead atoms. The highest BCUT2D eigenvalue weighted by Crippen LogP contribution is 2.44. The van der Waals surface area contributed by atoms with E-state index in [1.165, 1.54) is 43.1 Å². The van der Waals surface area contributed by atoms with E-state index in [1.807, 2.05) is 34.9 Å². The van der Waals surface area contributed by atoms with Crippen LogP contribution in [0.1, 0.15) is 11.1 Å². The lowest BCUT2D eigenvalue weighted by atomic mass is 9.93. The third-order valence-corrected chi connectivity index (χ3v) is 10.7. The molecule has 0 saturated heterocycles. The zero-order valence-corrected chi connectivity index (χ0v) is 26.5. The van der Waals surface area contributed by atoms with E-state index >= 15 is 0 Å². The van der Waals surface area contributed by atoms with E-state index in [1.54, 1.807) is 0 Å². The fourth-order valence-corrected chi connectivity index (χ4v) is 8.65. The van der Waals surface area contributed by atoms with Crippen LogP contribution in [0.2, 0.25) is 0 Å². The summed E-state index contributed by atoms with van der Waals surface area (Å²) in [5.41, 5.74) is 7.62. The minimum Gasteiger partial charge on any atom is -0.309 e. The van der Waals surface area contributed by atoms with Gasteiger partial charge in [0.1, 0.15) is 0 Å². The Morgan fingerprint density at radius 1 is 0.429 bits per heavy atom. The van der Waals surface area contributed by atoms with Gasteiger partial charge in [0, 0.05) is 27.2 Å². The van der Waals surface area contributed by atoms with Crippen molar-refractivity contribution in [3.63, 3.8) is 0 Å². The highest BCUT2D eigenvalue weighted by Gasteiger charge is 2.25. The monoisotopic (exact) mass is 624 g/mol. The largest absolute Gasteiger partial charge is 0.309 e. The summed E-state index contributed by atoms with van der Waals surface area (Å²) in [7, 11) is 0. The molecule has 49 heavy (non-hydrogen) atoms. The molecule has 2 aromatic heterocycles. The first-order valence-corrected chi connectivity index (χ1v) is 16.9. The minimum atomic E-state index is 0.0240. The molecule has 8 aromatic carbocycles. The van der Waals surface area contributed by atoms with Crippen LogP contribution in [0.15, 0.2) is 163 Å². The van der Waals surface area contributed by atoms with Crippen LogP contribution < -0.4 is 5.56 Å². The minimum absolute atomic E-state index is 0.0240. The lowest BCUT2D eigenvalue weighted by Gasteiger charge is -2.23. The van der Waals surface area contributed by atoms with Crippen LogP contribution in [0.5, 0.6) is 0 Å². The Bertz CT molecular complexity index is 3110. The zero-order chi connectivity index (χ0) is 32.2. The SMILES string of the molecule is O=c1c2ccccc2c2c3c4ccccc4n(-c4ccc5c6ccccc6c6ccccc6c5c4)c3cc3c2n1C(c1ccccc1)=CC3. The number of hydrogen-bond acceptors (Lipinski definition) is 1. The molecule has 3 nitrogen and oxygen atoms in total. The number of para-hydroxylation sites is 1. The Hall–Kier alpha value is -6.45. The van der Waals surface area contributed by atoms with Gasteiger partial charge in [-0.25, -0.2) is 0 Å². The number of nitrogens with zero attached hydrogens (tertiary/aromatic N) is 2. The molecule has 0 N–H and O–H groups in total. The van der Waals surface area contributed by atoms with Crippen molar-refractivity contribution < 1.29 is 0 Å². The summed E-state index contributed by atoms with van der Waals surface area (Å²) in [5.74, 6) is 0. The maximum atomic E-state index is 14.4. The molecular formula is C46H28N2O. The fourth-order valence-electron chi connectivity index (χ4n) is 8.65. The first kappa shape index (κ1) is 26.6. The Balaban J connectivity index is 1.31. The Labute approximate surface area is 281 Å². The van der Waals surface area contributed by atoms with Gasteiger partial charge in [0.2, 0.25) is 0 Å². The highest BCUT2D eigenvalue weighted by atomic mass is 16.1. The van der Waals surface area contributed by atoms with E-state index in [-0.39, 0.29) is 5.56 Å². The van der Waals surface area contributed by atoms with Crippen LogP contribution in [-0.4, -0.2) is 9.13 Å². The van der Waals surface area contributed by atoms with Crippen LogP contribution in [0.25, 0.3) is 87.2 Å². The maximum absolute atomic E-state index is 14.4. The number of pyridine rings is 1. The molecule has 10 aromatic rings. The molecule has 1 aliphatic heterocycles. The van der Waals surface area contributed by atoms with Gasteiger partial charge in [-0.1, -0.05) is 127 Å². The second-order valence-corrected chi connectivity index (χ2v) is 13.2. The van der Waals surface area contributed by atoms with Crippen molar-refractivity contribution in [2.75, 3.05) is 0 Å². The number of fused-ring (bicyclic) bond motifs is 12. The quantitative estimate of drug-likeness (QED) is 0.176. The van der Waals surface area contributed by atoms with Crippen molar-refractivity contribution in [3.05, 3.63) is 179 Å². The van der Waals surface area contributed by atoms with Crippen LogP contribution in [0.4, 0.5) is 0 Å². The van der Waals surface area contributed by atoms with Crippen molar-refractivity contribution in [2.45, 2.75) is 6.42 Å². The molecule has 0 amide bonds. The molecule has 1 aliphatic rings. The van der Waals surface area contributed by atoms with E-state index < -0.39 is 0 Å². The van der Waals surface area contributed by atoms with E-state index in [0.717, 1.165) is 61.6 Å². The van der Waals surface area contributed by atoms with Crippen LogP contribution in [0, 0.1) is 0 Å². The average Bonchev–Trinajstić information content (AvgIpc) is 3.50. The standard InChI is InChI=1S/C46H28N2O/c49-46-37-19-9-8-18-36(37)44-43-38-20-10-11-21-41(38)47(42(43)26-29-22-25-40(48(46)45(29)44)28-12-2-1-3-13-28)30-23-24-35-33-16-5-4-14-31(33)32-15-6-7-17-34(32)39(35)27-30/h1-21,23-27H,22H2. The van der Waals surface area contributed by atoms with E-state index in [9.17, 15) is 4.79 Å². The Morgan fingerprint density at radius 2 is 1.00 bits per heavy atom. The van der Waals surface area contributed by atoms with E-state index in [0.29, 0.717) is 0 Å². The Morgan fingerprint density at radius 3 is 1.71 bits per heavy atom. The number of allylic oxidation sites excluding steroid dienone is 1. The molecule has 228 valence electrons. The van der Waals surface area contributed by atoms with Gasteiger partial charge in [-0.2, -0.15) is 0 Å². The molecule has 0 radical (unpaired) electrons. The van der Waals surface area contributed by atoms with Gasteiger partial charge in [-0.05, 0) is 85.6 Å². The van der Waals surface area contributed by atoms with Crippen molar-refractivity contribution in [3.8, 4) is 5.69 Å². The van der Waals surface area contributed by atoms with Gasteiger partial charge in [0.25, 0.3) is 5.56 Å². The van der Waals surface area contributed by atoms with E-state index in [2.05, 4.69) is 132 Å². The van der Waals surface area contributed by atoms with Crippen molar-refractivity contribution >= 4 is 81.5 Å². The third kappa shape index (κ3) is 3.54. The van der Waals surface area contributed by atoms with Crippen LogP contribution in [0.3, 0.4) is 0 Å². The van der Waals surface area contributed by atoms with Crippen molar-refractivity contribution in [2.24, 2.45) is 0 Å². The number of aromatic nitrogens is 2. The van der Waals surface area contributed by atoms with Crippen molar-refractivity contribution in [1.29, 1.82) is 0 Å². The number of benzene rings is 8. The molecule has 3 heterocycles. The summed E-state index contributed by atoms with van der Waals surface area (Å²) >= 11 is 0. The first-order chi connectivity index (χ1) is 24.3. The topological polar surface area (TPSA) is 26.9 Å². The van der Waals surface area contributed by atoms with Crippen LogP contribution in [-0.2, 0) is 6.42 Å². The molecule has 0 fully saturated rings. The Kier molecular flexibility index (Phi) is 5.31. The summed E-state index contributed by atoms with van der Waals surface area (Å²) < 4.78 is 4.41. The molecular weight excluding hydrogens is 597 g/mol. The zero-order valence-electron chi connectivity index (χ0n) is 26.5. The lowest BCUT2D eigenvalue weighted by molar-refractivity contribution is 1.04. The molecule has 0 unspecified atom stereocenters. The molecule has 0 atom stereocenters. The van der Waals surface area contributed by atoms with Gasteiger partial charge in [0.15, 0.2) is 0 Å². The van der Waals surface area contributed by atoms with Gasteiger partial charge >= 0.3 is 0 Å². The number of hydrogen-bond donors (Lipinski definition) is 0. The van der Waals surface area contributed by atoms with Gasteiger partial charge in [-0.15, -0.1) is 0 Å². The third-order valence-electron chi connectivity index (χ3n) is 10.7. The normalized spacial score (nSPS) is 13.0. The summed E-state index contributed by atoms with van der Waals surface area (Å²) in [5, 5.41) is 12.8. The second kappa shape index (κ2) is 9.79. The average molecular weight is 625 g/mol. The molecule has 0 aliphatic carbocycles. The van der Waals surface area contributed by atoms with E-state index in [4.69, 9.17) is 0 Å². The number of rotatable bonds is 2. The summed E-state index contributed by atoms with van der Waals surface area (Å²) in [6.07, 6.45) is 2.96. The summed E-state index contributed by atoms with van der Waals surface area (Å²) in [6, 6.07) is 54.0. The highest BCUT2D eigenvalue weighted by molar-refractivity contribution is 6.29.